The highest BCUT2D eigenvalue weighted by Gasteiger charge is 2.33. The molecule has 0 saturated heterocycles. The van der Waals surface area contributed by atoms with E-state index in [1.54, 1.807) is 7.11 Å². The average Bonchev–Trinajstić information content (AvgIpc) is 2.44. The molecule has 1 N–H and O–H groups in total. The van der Waals surface area contributed by atoms with E-state index in [0.717, 1.165) is 38.1 Å². The van der Waals surface area contributed by atoms with Gasteiger partial charge in [0.15, 0.2) is 5.82 Å². The quantitative estimate of drug-likeness (QED) is 0.870. The highest BCUT2D eigenvalue weighted by molar-refractivity contribution is 5.27. The van der Waals surface area contributed by atoms with Crippen molar-refractivity contribution in [2.24, 2.45) is 5.41 Å². The van der Waals surface area contributed by atoms with Crippen LogP contribution in [0.5, 0.6) is 0 Å². The van der Waals surface area contributed by atoms with Gasteiger partial charge in [-0.2, -0.15) is 0 Å². The van der Waals surface area contributed by atoms with Gasteiger partial charge in [0.2, 0.25) is 0 Å². The summed E-state index contributed by atoms with van der Waals surface area (Å²) >= 11 is 0. The van der Waals surface area contributed by atoms with E-state index in [2.05, 4.69) is 38.0 Å². The topological polar surface area (TPSA) is 47.0 Å². The van der Waals surface area contributed by atoms with Gasteiger partial charge in [0.05, 0.1) is 0 Å². The maximum Gasteiger partial charge on any atom is 0.157 e. The molecule has 0 aliphatic heterocycles. The fraction of sp³-hybridized carbons (Fsp3) is 0.765. The summed E-state index contributed by atoms with van der Waals surface area (Å²) in [6.45, 7) is 9.99. The van der Waals surface area contributed by atoms with Crippen LogP contribution in [0.25, 0.3) is 0 Å². The van der Waals surface area contributed by atoms with Crippen LogP contribution in [0.1, 0.15) is 76.2 Å². The zero-order valence-corrected chi connectivity index (χ0v) is 14.1. The molecule has 0 spiro atoms. The van der Waals surface area contributed by atoms with Crippen molar-refractivity contribution in [1.82, 2.24) is 15.3 Å². The fourth-order valence-corrected chi connectivity index (χ4v) is 3.17. The largest absolute Gasteiger partial charge is 0.373 e. The second kappa shape index (κ2) is 6.84. The smallest absolute Gasteiger partial charge is 0.157 e. The van der Waals surface area contributed by atoms with Gasteiger partial charge in [0.25, 0.3) is 0 Å². The van der Waals surface area contributed by atoms with Crippen molar-refractivity contribution in [1.29, 1.82) is 0 Å². The number of ether oxygens (including phenoxy) is 1. The third kappa shape index (κ3) is 3.80. The first-order chi connectivity index (χ1) is 10.0. The number of hydrogen-bond acceptors (Lipinski definition) is 4. The summed E-state index contributed by atoms with van der Waals surface area (Å²) in [7, 11) is 1.73. The molecule has 0 fully saturated rings. The van der Waals surface area contributed by atoms with Crippen LogP contribution in [0.3, 0.4) is 0 Å². The van der Waals surface area contributed by atoms with Gasteiger partial charge in [-0.15, -0.1) is 0 Å². The molecule has 0 saturated carbocycles. The number of fused-ring (bicyclic) bond motifs is 1. The van der Waals surface area contributed by atoms with Crippen molar-refractivity contribution in [2.75, 3.05) is 13.7 Å². The zero-order valence-electron chi connectivity index (χ0n) is 14.1. The molecule has 2 rings (SSSR count). The van der Waals surface area contributed by atoms with Crippen molar-refractivity contribution >= 4 is 0 Å². The lowest BCUT2D eigenvalue weighted by Gasteiger charge is -2.37. The van der Waals surface area contributed by atoms with E-state index in [4.69, 9.17) is 9.72 Å². The van der Waals surface area contributed by atoms with Crippen LogP contribution in [0.2, 0.25) is 0 Å². The fourth-order valence-electron chi connectivity index (χ4n) is 3.17. The molecule has 4 heteroatoms. The summed E-state index contributed by atoms with van der Waals surface area (Å²) in [4.78, 5) is 9.40. The van der Waals surface area contributed by atoms with Crippen LogP contribution in [0, 0.1) is 5.41 Å². The normalized spacial score (nSPS) is 21.9. The van der Waals surface area contributed by atoms with Crippen molar-refractivity contribution in [2.45, 2.75) is 65.5 Å². The van der Waals surface area contributed by atoms with Crippen molar-refractivity contribution < 1.29 is 4.74 Å². The summed E-state index contributed by atoms with van der Waals surface area (Å²) in [6.07, 6.45) is 6.22. The highest BCUT2D eigenvalue weighted by atomic mass is 16.5. The Hall–Kier alpha value is -1.00. The molecule has 0 radical (unpaired) electrons. The van der Waals surface area contributed by atoms with Crippen LogP contribution in [-0.2, 0) is 11.2 Å². The van der Waals surface area contributed by atoms with Gasteiger partial charge in [-0.1, -0.05) is 27.7 Å². The van der Waals surface area contributed by atoms with Gasteiger partial charge >= 0.3 is 0 Å². The molecule has 0 amide bonds. The molecule has 1 aromatic rings. The Morgan fingerprint density at radius 1 is 1.43 bits per heavy atom. The first kappa shape index (κ1) is 16.4. The van der Waals surface area contributed by atoms with E-state index in [9.17, 15) is 0 Å². The number of hydrogen-bond donors (Lipinski definition) is 1. The molecule has 1 heterocycles. The lowest BCUT2D eigenvalue weighted by molar-refractivity contribution is 0.0918. The standard InChI is InChI=1S/C17H29N3O/c1-6-8-18-13-9-17(3,4)10-14-12(13)11-19-16(20-14)15(7-2)21-5/h11,13,15,18H,6-10H2,1-5H3. The molecule has 2 unspecified atom stereocenters. The lowest BCUT2D eigenvalue weighted by Crippen LogP contribution is -2.35. The Morgan fingerprint density at radius 2 is 2.19 bits per heavy atom. The first-order valence-electron chi connectivity index (χ1n) is 8.12. The van der Waals surface area contributed by atoms with Crippen LogP contribution >= 0.6 is 0 Å². The number of rotatable bonds is 6. The maximum atomic E-state index is 5.48. The molecule has 1 aliphatic rings. The predicted molar refractivity (Wildman–Crippen MR) is 85.2 cm³/mol. The first-order valence-corrected chi connectivity index (χ1v) is 8.12. The molecule has 1 aliphatic carbocycles. The Balaban J connectivity index is 2.32. The Bertz CT molecular complexity index is 469. The molecule has 1 aromatic heterocycles. The van der Waals surface area contributed by atoms with Gasteiger partial charge in [-0.05, 0) is 37.6 Å². The van der Waals surface area contributed by atoms with E-state index in [-0.39, 0.29) is 11.5 Å². The second-order valence-electron chi connectivity index (χ2n) is 6.81. The van der Waals surface area contributed by atoms with Crippen LogP contribution < -0.4 is 5.32 Å². The molecular weight excluding hydrogens is 262 g/mol. The minimum Gasteiger partial charge on any atom is -0.373 e. The number of methoxy groups -OCH3 is 1. The molecule has 21 heavy (non-hydrogen) atoms. The van der Waals surface area contributed by atoms with E-state index >= 15 is 0 Å². The van der Waals surface area contributed by atoms with Crippen molar-refractivity contribution in [3.63, 3.8) is 0 Å². The number of nitrogens with one attached hydrogen (secondary N) is 1. The molecule has 118 valence electrons. The summed E-state index contributed by atoms with van der Waals surface area (Å²) in [5, 5.41) is 3.65. The Kier molecular flexibility index (Phi) is 5.33. The number of nitrogens with zero attached hydrogens (tertiary/aromatic N) is 2. The summed E-state index contributed by atoms with van der Waals surface area (Å²) in [5.74, 6) is 0.825. The average molecular weight is 291 g/mol. The van der Waals surface area contributed by atoms with Crippen molar-refractivity contribution in [3.05, 3.63) is 23.3 Å². The van der Waals surface area contributed by atoms with E-state index in [1.807, 2.05) is 6.20 Å². The van der Waals surface area contributed by atoms with Gasteiger partial charge in [0, 0.05) is 30.6 Å². The third-order valence-electron chi connectivity index (χ3n) is 4.28. The highest BCUT2D eigenvalue weighted by Crippen LogP contribution is 2.40. The van der Waals surface area contributed by atoms with Gasteiger partial charge < -0.3 is 10.1 Å². The minimum absolute atomic E-state index is 0.00221. The van der Waals surface area contributed by atoms with Crippen LogP contribution in [0.4, 0.5) is 0 Å². The van der Waals surface area contributed by atoms with Crippen LogP contribution in [-0.4, -0.2) is 23.6 Å². The van der Waals surface area contributed by atoms with E-state index in [0.29, 0.717) is 6.04 Å². The second-order valence-corrected chi connectivity index (χ2v) is 6.81. The SMILES string of the molecule is CCCNC1CC(C)(C)Cc2nc(C(CC)OC)ncc21. The van der Waals surface area contributed by atoms with Gasteiger partial charge in [-0.3, -0.25) is 0 Å². The summed E-state index contributed by atoms with van der Waals surface area (Å²) in [6, 6.07) is 0.375. The van der Waals surface area contributed by atoms with Crippen LogP contribution in [0.15, 0.2) is 6.20 Å². The molecule has 4 nitrogen and oxygen atoms in total. The Labute approximate surface area is 128 Å². The molecule has 0 bridgehead atoms. The molecule has 0 aromatic carbocycles. The van der Waals surface area contributed by atoms with Gasteiger partial charge in [-0.25, -0.2) is 9.97 Å². The maximum absolute atomic E-state index is 5.48. The Morgan fingerprint density at radius 3 is 2.81 bits per heavy atom. The third-order valence-corrected chi connectivity index (χ3v) is 4.28. The van der Waals surface area contributed by atoms with Crippen molar-refractivity contribution in [3.8, 4) is 0 Å². The lowest BCUT2D eigenvalue weighted by atomic mass is 9.74. The summed E-state index contributed by atoms with van der Waals surface area (Å²) in [5.41, 5.74) is 2.75. The monoisotopic (exact) mass is 291 g/mol. The van der Waals surface area contributed by atoms with E-state index in [1.165, 1.54) is 11.3 Å². The van der Waals surface area contributed by atoms with E-state index < -0.39 is 0 Å². The predicted octanol–water partition coefficient (Wildman–Crippen LogP) is 3.59. The summed E-state index contributed by atoms with van der Waals surface area (Å²) < 4.78 is 5.48. The molecular formula is C17H29N3O. The van der Waals surface area contributed by atoms with Gasteiger partial charge in [0.1, 0.15) is 6.10 Å². The minimum atomic E-state index is 0.00221. The number of aromatic nitrogens is 2. The zero-order chi connectivity index (χ0) is 15.5. The molecule has 2 atom stereocenters.